The van der Waals surface area contributed by atoms with Crippen LogP contribution in [0.2, 0.25) is 0 Å². The first-order valence-corrected chi connectivity index (χ1v) is 7.80. The molecule has 116 valence electrons. The number of anilines is 1. The van der Waals surface area contributed by atoms with Crippen LogP contribution in [-0.2, 0) is 11.3 Å². The van der Waals surface area contributed by atoms with E-state index in [1.807, 2.05) is 24.3 Å². The van der Waals surface area contributed by atoms with Crippen LogP contribution in [0, 0.1) is 5.41 Å². The molecule has 1 fully saturated rings. The molecule has 0 spiro atoms. The topological polar surface area (TPSA) is 58.4 Å². The molecule has 1 amide bonds. The third-order valence-corrected chi connectivity index (χ3v) is 4.15. The van der Waals surface area contributed by atoms with Crippen LogP contribution in [0.4, 0.5) is 5.69 Å². The lowest BCUT2D eigenvalue weighted by molar-refractivity contribution is -0.116. The van der Waals surface area contributed by atoms with Gasteiger partial charge in [0.15, 0.2) is 0 Å². The summed E-state index contributed by atoms with van der Waals surface area (Å²) in [5, 5.41) is 2.98. The molecular formula is C17H27N3O. The molecule has 4 heteroatoms. The second kappa shape index (κ2) is 7.05. The summed E-state index contributed by atoms with van der Waals surface area (Å²) in [5.41, 5.74) is 7.88. The van der Waals surface area contributed by atoms with Gasteiger partial charge in [-0.05, 0) is 36.4 Å². The van der Waals surface area contributed by atoms with Gasteiger partial charge < -0.3 is 16.0 Å². The van der Waals surface area contributed by atoms with E-state index in [0.717, 1.165) is 30.9 Å². The Labute approximate surface area is 127 Å². The van der Waals surface area contributed by atoms with Crippen LogP contribution >= 0.6 is 0 Å². The van der Waals surface area contributed by atoms with E-state index in [1.54, 1.807) is 0 Å². The fraction of sp³-hybridized carbons (Fsp3) is 0.588. The van der Waals surface area contributed by atoms with Gasteiger partial charge in [-0.1, -0.05) is 32.0 Å². The maximum Gasteiger partial charge on any atom is 0.225 e. The van der Waals surface area contributed by atoms with E-state index in [-0.39, 0.29) is 5.91 Å². The maximum absolute atomic E-state index is 12.1. The summed E-state index contributed by atoms with van der Waals surface area (Å²) >= 11 is 0. The van der Waals surface area contributed by atoms with Crippen LogP contribution in [0.25, 0.3) is 0 Å². The van der Waals surface area contributed by atoms with Crippen LogP contribution in [0.3, 0.4) is 0 Å². The average molecular weight is 289 g/mol. The molecule has 0 radical (unpaired) electrons. The number of hydrogen-bond donors (Lipinski definition) is 2. The highest BCUT2D eigenvalue weighted by atomic mass is 16.1. The summed E-state index contributed by atoms with van der Waals surface area (Å²) in [7, 11) is 0. The molecule has 1 aliphatic rings. The number of likely N-dealkylation sites (tertiary alicyclic amines) is 1. The van der Waals surface area contributed by atoms with Crippen molar-refractivity contribution in [1.29, 1.82) is 0 Å². The number of amides is 1. The third kappa shape index (κ3) is 4.83. The van der Waals surface area contributed by atoms with Gasteiger partial charge >= 0.3 is 0 Å². The van der Waals surface area contributed by atoms with Gasteiger partial charge in [0, 0.05) is 31.7 Å². The zero-order valence-corrected chi connectivity index (χ0v) is 13.2. The summed E-state index contributed by atoms with van der Waals surface area (Å²) in [5.74, 6) is 0.0688. The molecule has 1 heterocycles. The molecular weight excluding hydrogens is 262 g/mol. The molecule has 0 atom stereocenters. The summed E-state index contributed by atoms with van der Waals surface area (Å²) in [6.07, 6.45) is 3.04. The molecule has 0 saturated carbocycles. The Hall–Kier alpha value is -1.39. The first kappa shape index (κ1) is 16.0. The van der Waals surface area contributed by atoms with Crippen molar-refractivity contribution < 1.29 is 4.79 Å². The van der Waals surface area contributed by atoms with Gasteiger partial charge in [-0.25, -0.2) is 0 Å². The fourth-order valence-electron chi connectivity index (χ4n) is 3.03. The van der Waals surface area contributed by atoms with Crippen LogP contribution in [-0.4, -0.2) is 30.4 Å². The number of carbonyl (C=O) groups excluding carboxylic acids is 1. The molecule has 0 aliphatic carbocycles. The van der Waals surface area contributed by atoms with Crippen LogP contribution in [0.15, 0.2) is 24.3 Å². The highest BCUT2D eigenvalue weighted by Gasteiger charge is 2.26. The van der Waals surface area contributed by atoms with E-state index in [4.69, 9.17) is 5.73 Å². The van der Waals surface area contributed by atoms with Gasteiger partial charge in [0.1, 0.15) is 0 Å². The van der Waals surface area contributed by atoms with Crippen molar-refractivity contribution in [3.63, 3.8) is 0 Å². The van der Waals surface area contributed by atoms with Crippen molar-refractivity contribution in [2.75, 3.05) is 25.0 Å². The average Bonchev–Trinajstić information content (AvgIpc) is 2.45. The number of benzene rings is 1. The molecule has 2 rings (SSSR count). The molecule has 0 bridgehead atoms. The van der Waals surface area contributed by atoms with Crippen molar-refractivity contribution in [3.8, 4) is 0 Å². The van der Waals surface area contributed by atoms with E-state index in [0.29, 0.717) is 18.4 Å². The second-order valence-electron chi connectivity index (χ2n) is 6.70. The van der Waals surface area contributed by atoms with Gasteiger partial charge in [0.25, 0.3) is 0 Å². The zero-order valence-electron chi connectivity index (χ0n) is 13.2. The minimum absolute atomic E-state index is 0.0688. The number of para-hydroxylation sites is 1. The van der Waals surface area contributed by atoms with Crippen molar-refractivity contribution in [2.24, 2.45) is 11.1 Å². The van der Waals surface area contributed by atoms with E-state index >= 15 is 0 Å². The standard InChI is InChI=1S/C17H27N3O/c1-17(2)9-5-10-20(13-17)11-8-16(21)19-15-7-4-3-6-14(15)12-18/h3-4,6-7H,5,8-13,18H2,1-2H3,(H,19,21). The highest BCUT2D eigenvalue weighted by molar-refractivity contribution is 5.91. The van der Waals surface area contributed by atoms with Gasteiger partial charge in [0.2, 0.25) is 5.91 Å². The molecule has 4 nitrogen and oxygen atoms in total. The number of piperidine rings is 1. The van der Waals surface area contributed by atoms with Gasteiger partial charge in [-0.3, -0.25) is 4.79 Å². The molecule has 21 heavy (non-hydrogen) atoms. The number of nitrogens with zero attached hydrogens (tertiary/aromatic N) is 1. The first-order chi connectivity index (χ1) is 10.00. The van der Waals surface area contributed by atoms with Crippen molar-refractivity contribution in [1.82, 2.24) is 4.90 Å². The van der Waals surface area contributed by atoms with Crippen molar-refractivity contribution >= 4 is 11.6 Å². The first-order valence-electron chi connectivity index (χ1n) is 7.80. The van der Waals surface area contributed by atoms with Gasteiger partial charge in [-0.2, -0.15) is 0 Å². The molecule has 1 saturated heterocycles. The number of nitrogens with two attached hydrogens (primary N) is 1. The third-order valence-electron chi connectivity index (χ3n) is 4.15. The maximum atomic E-state index is 12.1. The van der Waals surface area contributed by atoms with Crippen LogP contribution in [0.5, 0.6) is 0 Å². The Balaban J connectivity index is 1.82. The van der Waals surface area contributed by atoms with Crippen molar-refractivity contribution in [2.45, 2.75) is 39.7 Å². The van der Waals surface area contributed by atoms with Crippen LogP contribution in [0.1, 0.15) is 38.7 Å². The van der Waals surface area contributed by atoms with Crippen LogP contribution < -0.4 is 11.1 Å². The molecule has 1 aromatic carbocycles. The quantitative estimate of drug-likeness (QED) is 0.876. The Morgan fingerprint density at radius 2 is 2.14 bits per heavy atom. The van der Waals surface area contributed by atoms with Gasteiger partial charge in [-0.15, -0.1) is 0 Å². The lowest BCUT2D eigenvalue weighted by Gasteiger charge is -2.37. The van der Waals surface area contributed by atoms with Crippen molar-refractivity contribution in [3.05, 3.63) is 29.8 Å². The monoisotopic (exact) mass is 289 g/mol. The van der Waals surface area contributed by atoms with Gasteiger partial charge in [0.05, 0.1) is 0 Å². The highest BCUT2D eigenvalue weighted by Crippen LogP contribution is 2.28. The summed E-state index contributed by atoms with van der Waals surface area (Å²) in [6.45, 7) is 8.07. The summed E-state index contributed by atoms with van der Waals surface area (Å²) < 4.78 is 0. The number of rotatable bonds is 5. The predicted octanol–water partition coefficient (Wildman–Crippen LogP) is 2.60. The minimum Gasteiger partial charge on any atom is -0.326 e. The summed E-state index contributed by atoms with van der Waals surface area (Å²) in [4.78, 5) is 14.5. The fourth-order valence-corrected chi connectivity index (χ4v) is 3.03. The Kier molecular flexibility index (Phi) is 5.37. The van der Waals surface area contributed by atoms with E-state index in [9.17, 15) is 4.79 Å². The zero-order chi connectivity index (χ0) is 15.3. The summed E-state index contributed by atoms with van der Waals surface area (Å²) in [6, 6.07) is 7.71. The molecule has 1 aromatic rings. The minimum atomic E-state index is 0.0688. The van der Waals surface area contributed by atoms with E-state index < -0.39 is 0 Å². The molecule has 3 N–H and O–H groups in total. The number of carbonyl (C=O) groups is 1. The SMILES string of the molecule is CC1(C)CCCN(CCC(=O)Nc2ccccc2CN)C1. The largest absolute Gasteiger partial charge is 0.326 e. The number of hydrogen-bond acceptors (Lipinski definition) is 3. The normalized spacial score (nSPS) is 18.4. The predicted molar refractivity (Wildman–Crippen MR) is 87.0 cm³/mol. The lowest BCUT2D eigenvalue weighted by atomic mass is 9.84. The number of nitrogens with one attached hydrogen (secondary N) is 1. The molecule has 0 aromatic heterocycles. The van der Waals surface area contributed by atoms with E-state index in [2.05, 4.69) is 24.1 Å². The Morgan fingerprint density at radius 1 is 1.38 bits per heavy atom. The van der Waals surface area contributed by atoms with E-state index in [1.165, 1.54) is 12.8 Å². The Bertz CT molecular complexity index is 485. The molecule has 1 aliphatic heterocycles. The molecule has 0 unspecified atom stereocenters. The Morgan fingerprint density at radius 3 is 2.86 bits per heavy atom. The smallest absolute Gasteiger partial charge is 0.225 e. The lowest BCUT2D eigenvalue weighted by Crippen LogP contribution is -2.41. The second-order valence-corrected chi connectivity index (χ2v) is 6.70.